The van der Waals surface area contributed by atoms with Crippen molar-refractivity contribution in [2.75, 3.05) is 31.1 Å². The van der Waals surface area contributed by atoms with Gasteiger partial charge in [0.05, 0.1) is 11.5 Å². The molecular formula is C19H24N4O2S. The first-order valence-corrected chi connectivity index (χ1v) is 10.1. The normalized spacial score (nSPS) is 18.6. The van der Waals surface area contributed by atoms with E-state index in [9.17, 15) is 4.79 Å². The first-order chi connectivity index (χ1) is 12.7. The standard InChI is InChI=1S/C19H24N4O2S/c1-2-7-20-17(24)15-13-14-4-12-25-19(16(14)26-15)5-10-23(11-6-19)18-21-8-3-9-22-18/h3,8-9,13H,2,4-7,10-12H2,1H3,(H,20,24). The van der Waals surface area contributed by atoms with Crippen molar-refractivity contribution in [3.05, 3.63) is 39.8 Å². The van der Waals surface area contributed by atoms with Gasteiger partial charge in [-0.3, -0.25) is 4.79 Å². The van der Waals surface area contributed by atoms with Crippen LogP contribution in [0.3, 0.4) is 0 Å². The van der Waals surface area contributed by atoms with Crippen LogP contribution < -0.4 is 10.2 Å². The van der Waals surface area contributed by atoms with Crippen LogP contribution in [0.15, 0.2) is 24.5 Å². The average molecular weight is 372 g/mol. The number of fused-ring (bicyclic) bond motifs is 2. The summed E-state index contributed by atoms with van der Waals surface area (Å²) in [5.41, 5.74) is 1.03. The second-order valence-electron chi connectivity index (χ2n) is 6.85. The predicted molar refractivity (Wildman–Crippen MR) is 102 cm³/mol. The molecule has 6 nitrogen and oxygen atoms in total. The van der Waals surface area contributed by atoms with E-state index < -0.39 is 0 Å². The van der Waals surface area contributed by atoms with Crippen molar-refractivity contribution in [3.8, 4) is 0 Å². The summed E-state index contributed by atoms with van der Waals surface area (Å²) in [5.74, 6) is 0.820. The molecule has 138 valence electrons. The van der Waals surface area contributed by atoms with Gasteiger partial charge in [-0.1, -0.05) is 6.92 Å². The molecule has 0 unspecified atom stereocenters. The number of rotatable bonds is 4. The summed E-state index contributed by atoms with van der Waals surface area (Å²) in [4.78, 5) is 25.4. The zero-order chi connectivity index (χ0) is 18.0. The molecule has 0 atom stereocenters. The summed E-state index contributed by atoms with van der Waals surface area (Å²) in [5, 5.41) is 2.98. The Balaban J connectivity index is 1.53. The summed E-state index contributed by atoms with van der Waals surface area (Å²) >= 11 is 1.61. The molecule has 1 N–H and O–H groups in total. The average Bonchev–Trinajstić information content (AvgIpc) is 3.14. The summed E-state index contributed by atoms with van der Waals surface area (Å²) in [6.45, 7) is 5.22. The van der Waals surface area contributed by atoms with E-state index in [4.69, 9.17) is 4.74 Å². The molecular weight excluding hydrogens is 348 g/mol. The number of nitrogens with one attached hydrogen (secondary N) is 1. The highest BCUT2D eigenvalue weighted by Crippen LogP contribution is 2.45. The molecule has 26 heavy (non-hydrogen) atoms. The largest absolute Gasteiger partial charge is 0.369 e. The monoisotopic (exact) mass is 372 g/mol. The Kier molecular flexibility index (Phi) is 4.91. The Morgan fingerprint density at radius 2 is 2.12 bits per heavy atom. The lowest BCUT2D eigenvalue weighted by Crippen LogP contribution is -2.46. The fourth-order valence-electron chi connectivity index (χ4n) is 3.75. The number of piperidine rings is 1. The highest BCUT2D eigenvalue weighted by molar-refractivity contribution is 7.14. The van der Waals surface area contributed by atoms with Crippen LogP contribution >= 0.6 is 11.3 Å². The zero-order valence-electron chi connectivity index (χ0n) is 15.0. The molecule has 0 aromatic carbocycles. The Labute approximate surface area is 157 Å². The maximum atomic E-state index is 12.4. The van der Waals surface area contributed by atoms with Gasteiger partial charge in [-0.2, -0.15) is 0 Å². The molecule has 0 radical (unpaired) electrons. The number of aromatic nitrogens is 2. The van der Waals surface area contributed by atoms with Crippen LogP contribution in [0.1, 0.15) is 46.3 Å². The predicted octanol–water partition coefficient (Wildman–Crippen LogP) is 2.75. The van der Waals surface area contributed by atoms with Gasteiger partial charge in [-0.05, 0) is 43.4 Å². The number of ether oxygens (including phenoxy) is 1. The van der Waals surface area contributed by atoms with Crippen LogP contribution in [-0.4, -0.2) is 42.1 Å². The quantitative estimate of drug-likeness (QED) is 0.894. The molecule has 0 aliphatic carbocycles. The van der Waals surface area contributed by atoms with E-state index in [1.807, 2.05) is 6.07 Å². The number of nitrogens with zero attached hydrogens (tertiary/aromatic N) is 3. The van der Waals surface area contributed by atoms with Crippen LogP contribution in [0.2, 0.25) is 0 Å². The number of hydrogen-bond acceptors (Lipinski definition) is 6. The minimum Gasteiger partial charge on any atom is -0.369 e. The van der Waals surface area contributed by atoms with Crippen molar-refractivity contribution >= 4 is 23.2 Å². The van der Waals surface area contributed by atoms with E-state index in [1.165, 1.54) is 10.4 Å². The van der Waals surface area contributed by atoms with E-state index in [0.29, 0.717) is 0 Å². The van der Waals surface area contributed by atoms with Gasteiger partial charge in [-0.25, -0.2) is 9.97 Å². The smallest absolute Gasteiger partial charge is 0.261 e. The van der Waals surface area contributed by atoms with Gasteiger partial charge in [-0.15, -0.1) is 11.3 Å². The van der Waals surface area contributed by atoms with Crippen molar-refractivity contribution in [1.29, 1.82) is 0 Å². The highest BCUT2D eigenvalue weighted by Gasteiger charge is 2.43. The number of anilines is 1. The zero-order valence-corrected chi connectivity index (χ0v) is 15.8. The number of thiophene rings is 1. The van der Waals surface area contributed by atoms with Crippen LogP contribution in [-0.2, 0) is 16.8 Å². The summed E-state index contributed by atoms with van der Waals surface area (Å²) < 4.78 is 6.30. The Morgan fingerprint density at radius 1 is 1.35 bits per heavy atom. The molecule has 1 saturated heterocycles. The molecule has 4 heterocycles. The second kappa shape index (κ2) is 7.32. The first-order valence-electron chi connectivity index (χ1n) is 9.29. The third-order valence-corrected chi connectivity index (χ3v) is 6.50. The molecule has 1 fully saturated rings. The summed E-state index contributed by atoms with van der Waals surface area (Å²) in [6.07, 6.45) is 7.19. The summed E-state index contributed by atoms with van der Waals surface area (Å²) in [7, 11) is 0. The molecule has 0 saturated carbocycles. The topological polar surface area (TPSA) is 67.4 Å². The molecule has 2 aliphatic rings. The van der Waals surface area contributed by atoms with E-state index in [0.717, 1.165) is 62.7 Å². The van der Waals surface area contributed by atoms with Crippen LogP contribution in [0.4, 0.5) is 5.95 Å². The van der Waals surface area contributed by atoms with Gasteiger partial charge in [0.15, 0.2) is 0 Å². The highest BCUT2D eigenvalue weighted by atomic mass is 32.1. The SMILES string of the molecule is CCCNC(=O)c1cc2c(s1)C1(CCN(c3ncccn3)CC1)OCC2. The first kappa shape index (κ1) is 17.4. The van der Waals surface area contributed by atoms with Crippen molar-refractivity contribution < 1.29 is 9.53 Å². The van der Waals surface area contributed by atoms with E-state index in [1.54, 1.807) is 23.7 Å². The Morgan fingerprint density at radius 3 is 2.85 bits per heavy atom. The third kappa shape index (κ3) is 3.21. The van der Waals surface area contributed by atoms with Gasteiger partial charge >= 0.3 is 0 Å². The van der Waals surface area contributed by atoms with Crippen molar-refractivity contribution in [2.45, 2.75) is 38.2 Å². The number of carbonyl (C=O) groups excluding carboxylic acids is 1. The van der Waals surface area contributed by atoms with Crippen LogP contribution in [0.5, 0.6) is 0 Å². The Hall–Kier alpha value is -1.99. The van der Waals surface area contributed by atoms with Gasteiger partial charge in [0.25, 0.3) is 5.91 Å². The molecule has 0 bridgehead atoms. The molecule has 2 aliphatic heterocycles. The fourth-order valence-corrected chi connectivity index (χ4v) is 5.08. The fraction of sp³-hybridized carbons (Fsp3) is 0.526. The van der Waals surface area contributed by atoms with E-state index >= 15 is 0 Å². The Bertz CT molecular complexity index is 769. The summed E-state index contributed by atoms with van der Waals surface area (Å²) in [6, 6.07) is 3.91. The second-order valence-corrected chi connectivity index (χ2v) is 7.90. The number of amides is 1. The molecule has 4 rings (SSSR count). The van der Waals surface area contributed by atoms with Crippen molar-refractivity contribution in [3.63, 3.8) is 0 Å². The molecule has 1 spiro atoms. The van der Waals surface area contributed by atoms with Gasteiger partial charge in [0.1, 0.15) is 5.60 Å². The van der Waals surface area contributed by atoms with Crippen LogP contribution in [0.25, 0.3) is 0 Å². The van der Waals surface area contributed by atoms with Crippen molar-refractivity contribution in [2.24, 2.45) is 0 Å². The molecule has 1 amide bonds. The lowest BCUT2D eigenvalue weighted by atomic mass is 9.85. The van der Waals surface area contributed by atoms with Crippen molar-refractivity contribution in [1.82, 2.24) is 15.3 Å². The molecule has 2 aromatic rings. The third-order valence-electron chi connectivity index (χ3n) is 5.14. The minimum absolute atomic E-state index is 0.0384. The molecule has 7 heteroatoms. The van der Waals surface area contributed by atoms with E-state index in [-0.39, 0.29) is 11.5 Å². The van der Waals surface area contributed by atoms with E-state index in [2.05, 4.69) is 33.2 Å². The molecule has 2 aromatic heterocycles. The number of hydrogen-bond donors (Lipinski definition) is 1. The maximum Gasteiger partial charge on any atom is 0.261 e. The van der Waals surface area contributed by atoms with Gasteiger partial charge in [0.2, 0.25) is 5.95 Å². The lowest BCUT2D eigenvalue weighted by molar-refractivity contribution is -0.0736. The number of carbonyl (C=O) groups is 1. The lowest BCUT2D eigenvalue weighted by Gasteiger charge is -2.43. The van der Waals surface area contributed by atoms with Crippen LogP contribution in [0, 0.1) is 0 Å². The maximum absolute atomic E-state index is 12.4. The van der Waals surface area contributed by atoms with Gasteiger partial charge in [0, 0.05) is 36.9 Å². The van der Waals surface area contributed by atoms with Gasteiger partial charge < -0.3 is 15.0 Å². The minimum atomic E-state index is -0.257.